The van der Waals surface area contributed by atoms with Crippen molar-refractivity contribution >= 4 is 23.1 Å². The van der Waals surface area contributed by atoms with E-state index in [1.165, 1.54) is 0 Å². The average Bonchev–Trinajstić information content (AvgIpc) is 3.16. The van der Waals surface area contributed by atoms with Gasteiger partial charge in [-0.15, -0.1) is 11.3 Å². The third-order valence-corrected chi connectivity index (χ3v) is 5.16. The van der Waals surface area contributed by atoms with E-state index in [2.05, 4.69) is 25.1 Å². The van der Waals surface area contributed by atoms with Crippen LogP contribution in [0.2, 0.25) is 0 Å². The number of thiazole rings is 1. The third-order valence-electron chi connectivity index (χ3n) is 4.20. The Hall–Kier alpha value is -1.99. The number of rotatable bonds is 6. The number of hydrogen-bond donors (Lipinski definition) is 1. The summed E-state index contributed by atoms with van der Waals surface area (Å²) in [6.45, 7) is 6.61. The molecule has 0 saturated carbocycles. The first kappa shape index (κ1) is 16.9. The van der Waals surface area contributed by atoms with Crippen LogP contribution >= 0.6 is 11.3 Å². The van der Waals surface area contributed by atoms with Gasteiger partial charge in [0.2, 0.25) is 5.91 Å². The minimum atomic E-state index is -0.0153. The summed E-state index contributed by atoms with van der Waals surface area (Å²) in [4.78, 5) is 25.4. The van der Waals surface area contributed by atoms with Gasteiger partial charge in [-0.05, 0) is 19.1 Å². The Morgan fingerprint density at radius 1 is 1.25 bits per heavy atom. The van der Waals surface area contributed by atoms with Gasteiger partial charge in [0.15, 0.2) is 0 Å². The summed E-state index contributed by atoms with van der Waals surface area (Å²) in [7, 11) is 0. The van der Waals surface area contributed by atoms with E-state index in [9.17, 15) is 4.79 Å². The summed E-state index contributed by atoms with van der Waals surface area (Å²) in [5.41, 5.74) is 0. The molecule has 0 aliphatic carbocycles. The SMILES string of the molecule is CC(NC(=O)CCN1CCN(c2ccccn2)CC1)c1nccs1. The van der Waals surface area contributed by atoms with Gasteiger partial charge in [0.1, 0.15) is 10.8 Å². The van der Waals surface area contributed by atoms with Crippen molar-refractivity contribution in [2.75, 3.05) is 37.6 Å². The van der Waals surface area contributed by atoms with E-state index >= 15 is 0 Å². The van der Waals surface area contributed by atoms with Crippen LogP contribution in [0.1, 0.15) is 24.4 Å². The highest BCUT2D eigenvalue weighted by atomic mass is 32.1. The maximum absolute atomic E-state index is 12.1. The highest BCUT2D eigenvalue weighted by molar-refractivity contribution is 7.09. The van der Waals surface area contributed by atoms with Gasteiger partial charge in [-0.25, -0.2) is 9.97 Å². The Labute approximate surface area is 146 Å². The van der Waals surface area contributed by atoms with Crippen molar-refractivity contribution in [2.45, 2.75) is 19.4 Å². The van der Waals surface area contributed by atoms with Crippen LogP contribution in [-0.4, -0.2) is 53.5 Å². The largest absolute Gasteiger partial charge is 0.354 e. The molecule has 1 atom stereocenters. The molecule has 1 aliphatic heterocycles. The van der Waals surface area contributed by atoms with Gasteiger partial charge in [-0.2, -0.15) is 0 Å². The number of nitrogens with zero attached hydrogens (tertiary/aromatic N) is 4. The zero-order valence-electron chi connectivity index (χ0n) is 13.9. The number of amides is 1. The van der Waals surface area contributed by atoms with E-state index in [0.29, 0.717) is 6.42 Å². The van der Waals surface area contributed by atoms with Crippen molar-refractivity contribution in [3.05, 3.63) is 41.0 Å². The maximum atomic E-state index is 12.1. The van der Waals surface area contributed by atoms with E-state index in [-0.39, 0.29) is 11.9 Å². The quantitative estimate of drug-likeness (QED) is 0.867. The summed E-state index contributed by atoms with van der Waals surface area (Å²) in [6, 6.07) is 5.98. The van der Waals surface area contributed by atoms with E-state index in [4.69, 9.17) is 0 Å². The highest BCUT2D eigenvalue weighted by Gasteiger charge is 2.19. The fourth-order valence-corrected chi connectivity index (χ4v) is 3.47. The van der Waals surface area contributed by atoms with E-state index in [1.807, 2.05) is 36.7 Å². The van der Waals surface area contributed by atoms with Crippen molar-refractivity contribution in [3.63, 3.8) is 0 Å². The molecule has 0 aromatic carbocycles. The van der Waals surface area contributed by atoms with Gasteiger partial charge in [0.25, 0.3) is 0 Å². The summed E-state index contributed by atoms with van der Waals surface area (Å²) in [6.07, 6.45) is 4.12. The Bertz CT molecular complexity index is 626. The lowest BCUT2D eigenvalue weighted by molar-refractivity contribution is -0.122. The summed E-state index contributed by atoms with van der Waals surface area (Å²) in [5, 5.41) is 5.90. The Kier molecular flexibility index (Phi) is 5.77. The number of carbonyl (C=O) groups is 1. The fraction of sp³-hybridized carbons (Fsp3) is 0.471. The first-order chi connectivity index (χ1) is 11.7. The van der Waals surface area contributed by atoms with Gasteiger partial charge in [0.05, 0.1) is 6.04 Å². The number of hydrogen-bond acceptors (Lipinski definition) is 6. The normalized spacial score (nSPS) is 16.8. The Morgan fingerprint density at radius 2 is 2.08 bits per heavy atom. The molecule has 1 aliphatic rings. The van der Waals surface area contributed by atoms with Crippen molar-refractivity contribution in [1.82, 2.24) is 20.2 Å². The number of carbonyl (C=O) groups excluding carboxylic acids is 1. The fourth-order valence-electron chi connectivity index (χ4n) is 2.82. The second-order valence-corrected chi connectivity index (χ2v) is 6.85. The van der Waals surface area contributed by atoms with E-state index in [1.54, 1.807) is 17.5 Å². The molecular formula is C17H23N5OS. The minimum absolute atomic E-state index is 0.0153. The minimum Gasteiger partial charge on any atom is -0.354 e. The molecule has 6 nitrogen and oxygen atoms in total. The molecule has 2 aromatic rings. The third kappa shape index (κ3) is 4.52. The number of pyridine rings is 1. The second kappa shape index (κ2) is 8.21. The zero-order valence-corrected chi connectivity index (χ0v) is 14.7. The zero-order chi connectivity index (χ0) is 16.8. The summed E-state index contributed by atoms with van der Waals surface area (Å²) < 4.78 is 0. The van der Waals surface area contributed by atoms with Gasteiger partial charge in [0, 0.05) is 56.9 Å². The highest BCUT2D eigenvalue weighted by Crippen LogP contribution is 2.15. The first-order valence-corrected chi connectivity index (χ1v) is 9.17. The molecule has 7 heteroatoms. The molecule has 128 valence electrons. The van der Waals surface area contributed by atoms with Crippen LogP contribution in [0.3, 0.4) is 0 Å². The molecule has 3 rings (SSSR count). The Morgan fingerprint density at radius 3 is 2.75 bits per heavy atom. The number of aromatic nitrogens is 2. The van der Waals surface area contributed by atoms with Crippen LogP contribution in [-0.2, 0) is 4.79 Å². The standard InChI is InChI=1S/C17H23N5OS/c1-14(17-19-7-13-24-17)20-16(23)5-8-21-9-11-22(12-10-21)15-4-2-3-6-18-15/h2-4,6-7,13-14H,5,8-12H2,1H3,(H,20,23). The molecule has 24 heavy (non-hydrogen) atoms. The maximum Gasteiger partial charge on any atom is 0.221 e. The van der Waals surface area contributed by atoms with Crippen molar-refractivity contribution in [2.24, 2.45) is 0 Å². The van der Waals surface area contributed by atoms with Gasteiger partial charge >= 0.3 is 0 Å². The predicted octanol–water partition coefficient (Wildman–Crippen LogP) is 1.93. The average molecular weight is 345 g/mol. The van der Waals surface area contributed by atoms with Crippen molar-refractivity contribution in [3.8, 4) is 0 Å². The summed E-state index contributed by atoms with van der Waals surface area (Å²) >= 11 is 1.57. The molecule has 3 heterocycles. The molecular weight excluding hydrogens is 322 g/mol. The number of piperazine rings is 1. The molecule has 0 bridgehead atoms. The molecule has 1 N–H and O–H groups in total. The molecule has 1 amide bonds. The van der Waals surface area contributed by atoms with Crippen LogP contribution < -0.4 is 10.2 Å². The topological polar surface area (TPSA) is 61.4 Å². The summed E-state index contributed by atoms with van der Waals surface area (Å²) in [5.74, 6) is 1.12. The van der Waals surface area contributed by atoms with Crippen molar-refractivity contribution in [1.29, 1.82) is 0 Å². The second-order valence-electron chi connectivity index (χ2n) is 5.93. The van der Waals surface area contributed by atoms with Gasteiger partial charge in [-0.3, -0.25) is 9.69 Å². The molecule has 0 radical (unpaired) electrons. The van der Waals surface area contributed by atoms with Crippen LogP contribution in [0.25, 0.3) is 0 Å². The number of nitrogens with one attached hydrogen (secondary N) is 1. The van der Waals surface area contributed by atoms with Crippen LogP contribution in [0.15, 0.2) is 36.0 Å². The first-order valence-electron chi connectivity index (χ1n) is 8.29. The monoisotopic (exact) mass is 345 g/mol. The van der Waals surface area contributed by atoms with Crippen molar-refractivity contribution < 1.29 is 4.79 Å². The Balaban J connectivity index is 1.38. The van der Waals surface area contributed by atoms with E-state index in [0.717, 1.165) is 43.5 Å². The lowest BCUT2D eigenvalue weighted by atomic mass is 10.2. The van der Waals surface area contributed by atoms with Gasteiger partial charge in [-0.1, -0.05) is 6.07 Å². The molecule has 1 unspecified atom stereocenters. The predicted molar refractivity (Wildman–Crippen MR) is 96.2 cm³/mol. The van der Waals surface area contributed by atoms with E-state index < -0.39 is 0 Å². The molecule has 2 aromatic heterocycles. The van der Waals surface area contributed by atoms with Gasteiger partial charge < -0.3 is 10.2 Å². The van der Waals surface area contributed by atoms with Crippen LogP contribution in [0, 0.1) is 0 Å². The molecule has 0 spiro atoms. The smallest absolute Gasteiger partial charge is 0.221 e. The lowest BCUT2D eigenvalue weighted by Crippen LogP contribution is -2.47. The molecule has 1 fully saturated rings. The number of anilines is 1. The van der Waals surface area contributed by atoms with Crippen LogP contribution in [0.5, 0.6) is 0 Å². The lowest BCUT2D eigenvalue weighted by Gasteiger charge is -2.35. The molecule has 1 saturated heterocycles. The van der Waals surface area contributed by atoms with Crippen LogP contribution in [0.4, 0.5) is 5.82 Å².